The lowest BCUT2D eigenvalue weighted by atomic mass is 10.0. The van der Waals surface area contributed by atoms with E-state index in [-0.39, 0.29) is 12.2 Å². The molecular formula is C15H13ClF3N5O2. The number of carbonyl (C=O) groups is 2. The summed E-state index contributed by atoms with van der Waals surface area (Å²) >= 11 is 5.86. The van der Waals surface area contributed by atoms with Crippen LogP contribution in [0.2, 0.25) is 5.02 Å². The number of primary amides is 1. The Morgan fingerprint density at radius 1 is 1.35 bits per heavy atom. The second kappa shape index (κ2) is 6.52. The maximum atomic E-state index is 12.9. The number of amides is 3. The van der Waals surface area contributed by atoms with Gasteiger partial charge in [0.2, 0.25) is 11.7 Å². The van der Waals surface area contributed by atoms with E-state index in [2.05, 4.69) is 15.3 Å². The molecule has 1 aliphatic rings. The third-order valence-electron chi connectivity index (χ3n) is 3.94. The highest BCUT2D eigenvalue weighted by molar-refractivity contribution is 6.30. The molecule has 1 aliphatic heterocycles. The first-order valence-corrected chi connectivity index (χ1v) is 7.78. The van der Waals surface area contributed by atoms with Crippen molar-refractivity contribution in [3.05, 3.63) is 52.6 Å². The van der Waals surface area contributed by atoms with E-state index in [1.807, 2.05) is 0 Å². The summed E-state index contributed by atoms with van der Waals surface area (Å²) in [5.41, 5.74) is 5.75. The molecule has 26 heavy (non-hydrogen) atoms. The zero-order valence-electron chi connectivity index (χ0n) is 13.0. The zero-order valence-corrected chi connectivity index (χ0v) is 13.8. The van der Waals surface area contributed by atoms with Crippen molar-refractivity contribution in [3.63, 3.8) is 0 Å². The molecule has 138 valence electrons. The Labute approximate surface area is 150 Å². The highest BCUT2D eigenvalue weighted by Gasteiger charge is 2.40. The molecule has 2 atom stereocenters. The maximum absolute atomic E-state index is 12.9. The van der Waals surface area contributed by atoms with Crippen LogP contribution in [0.15, 0.2) is 30.5 Å². The standard InChI is InChI=1S/C15H13ClF3N5O2/c16-8-3-1-7(2-4-8)11(9-5-21-13(22-9)15(17,18)19)24-6-10(12(20)25)23-14(24)26/h1-5,10-11H,6H2,(H2,20,25)(H,21,22)(H,23,26)/t10?,11-/m1/s1. The Bertz CT molecular complexity index is 837. The van der Waals surface area contributed by atoms with E-state index in [4.69, 9.17) is 17.3 Å². The lowest BCUT2D eigenvalue weighted by Crippen LogP contribution is -2.39. The lowest BCUT2D eigenvalue weighted by molar-refractivity contribution is -0.144. The minimum absolute atomic E-state index is 0.0416. The van der Waals surface area contributed by atoms with Crippen LogP contribution in [0.3, 0.4) is 0 Å². The van der Waals surface area contributed by atoms with Gasteiger partial charge in [0, 0.05) is 5.02 Å². The average Bonchev–Trinajstić information content (AvgIpc) is 3.17. The SMILES string of the molecule is NC(=O)C1CN([C@H](c2ccc(Cl)cc2)c2cnc(C(F)(F)F)[nH]2)C(=O)N1. The Morgan fingerprint density at radius 2 is 2.00 bits per heavy atom. The largest absolute Gasteiger partial charge is 0.449 e. The van der Waals surface area contributed by atoms with Crippen molar-refractivity contribution in [2.24, 2.45) is 5.73 Å². The number of carbonyl (C=O) groups excluding carboxylic acids is 2. The van der Waals surface area contributed by atoms with Gasteiger partial charge < -0.3 is 20.9 Å². The van der Waals surface area contributed by atoms with Crippen LogP contribution in [0.4, 0.5) is 18.0 Å². The zero-order chi connectivity index (χ0) is 19.1. The molecular weight excluding hydrogens is 375 g/mol. The molecule has 3 rings (SSSR count). The van der Waals surface area contributed by atoms with Crippen molar-refractivity contribution in [3.8, 4) is 0 Å². The average molecular weight is 388 g/mol. The summed E-state index contributed by atoms with van der Waals surface area (Å²) in [6.45, 7) is -0.0954. The molecule has 1 aromatic carbocycles. The van der Waals surface area contributed by atoms with E-state index >= 15 is 0 Å². The normalized spacial score (nSPS) is 18.7. The predicted molar refractivity (Wildman–Crippen MR) is 85.1 cm³/mol. The minimum Gasteiger partial charge on any atom is -0.368 e. The second-order valence-corrected chi connectivity index (χ2v) is 6.13. The maximum Gasteiger partial charge on any atom is 0.449 e. The fourth-order valence-corrected chi connectivity index (χ4v) is 2.86. The van der Waals surface area contributed by atoms with Crippen LogP contribution in [-0.2, 0) is 11.0 Å². The number of alkyl halides is 3. The molecule has 0 aliphatic carbocycles. The first-order chi connectivity index (χ1) is 12.2. The number of nitrogens with zero attached hydrogens (tertiary/aromatic N) is 2. The molecule has 1 saturated heterocycles. The van der Waals surface area contributed by atoms with E-state index in [9.17, 15) is 22.8 Å². The molecule has 1 fully saturated rings. The number of H-pyrrole nitrogens is 1. The highest BCUT2D eigenvalue weighted by atomic mass is 35.5. The third kappa shape index (κ3) is 3.45. The number of urea groups is 1. The number of hydrogen-bond acceptors (Lipinski definition) is 3. The van der Waals surface area contributed by atoms with Gasteiger partial charge in [0.25, 0.3) is 0 Å². The van der Waals surface area contributed by atoms with Gasteiger partial charge >= 0.3 is 12.2 Å². The van der Waals surface area contributed by atoms with Crippen LogP contribution in [0.5, 0.6) is 0 Å². The summed E-state index contributed by atoms with van der Waals surface area (Å²) in [5.74, 6) is -1.92. The monoisotopic (exact) mass is 387 g/mol. The van der Waals surface area contributed by atoms with Crippen molar-refractivity contribution in [2.45, 2.75) is 18.3 Å². The predicted octanol–water partition coefficient (Wildman–Crippen LogP) is 2.05. The number of imidazole rings is 1. The number of aromatic nitrogens is 2. The Balaban J connectivity index is 2.03. The Hall–Kier alpha value is -2.75. The van der Waals surface area contributed by atoms with Gasteiger partial charge in [-0.25, -0.2) is 9.78 Å². The van der Waals surface area contributed by atoms with Gasteiger partial charge in [-0.3, -0.25) is 4.79 Å². The summed E-state index contributed by atoms with van der Waals surface area (Å²) in [7, 11) is 0. The number of aromatic amines is 1. The molecule has 3 amide bonds. The first-order valence-electron chi connectivity index (χ1n) is 7.41. The van der Waals surface area contributed by atoms with Crippen LogP contribution < -0.4 is 11.1 Å². The van der Waals surface area contributed by atoms with Crippen LogP contribution in [0, 0.1) is 0 Å². The molecule has 2 heterocycles. The summed E-state index contributed by atoms with van der Waals surface area (Å²) in [5, 5.41) is 2.83. The molecule has 1 unspecified atom stereocenters. The fourth-order valence-electron chi connectivity index (χ4n) is 2.73. The van der Waals surface area contributed by atoms with Gasteiger partial charge in [0.05, 0.1) is 18.4 Å². The van der Waals surface area contributed by atoms with Gasteiger partial charge in [-0.1, -0.05) is 23.7 Å². The van der Waals surface area contributed by atoms with E-state index < -0.39 is 36.0 Å². The van der Waals surface area contributed by atoms with Gasteiger partial charge in [0.15, 0.2) is 0 Å². The van der Waals surface area contributed by atoms with Gasteiger partial charge in [0.1, 0.15) is 12.1 Å². The van der Waals surface area contributed by atoms with Gasteiger partial charge in [-0.15, -0.1) is 0 Å². The summed E-state index contributed by atoms with van der Waals surface area (Å²) in [6.07, 6.45) is -3.65. The molecule has 11 heteroatoms. The Kier molecular flexibility index (Phi) is 4.53. The summed E-state index contributed by atoms with van der Waals surface area (Å²) < 4.78 is 38.6. The van der Waals surface area contributed by atoms with E-state index in [1.165, 1.54) is 4.90 Å². The van der Waals surface area contributed by atoms with Gasteiger partial charge in [-0.2, -0.15) is 13.2 Å². The van der Waals surface area contributed by atoms with Crippen LogP contribution in [-0.4, -0.2) is 39.4 Å². The molecule has 1 aromatic heterocycles. The van der Waals surface area contributed by atoms with E-state index in [0.717, 1.165) is 6.20 Å². The Morgan fingerprint density at radius 3 is 2.50 bits per heavy atom. The third-order valence-corrected chi connectivity index (χ3v) is 4.19. The minimum atomic E-state index is -4.66. The fraction of sp³-hybridized carbons (Fsp3) is 0.267. The van der Waals surface area contributed by atoms with E-state index in [1.54, 1.807) is 24.3 Å². The van der Waals surface area contributed by atoms with Gasteiger partial charge in [-0.05, 0) is 17.7 Å². The number of rotatable bonds is 4. The van der Waals surface area contributed by atoms with Crippen molar-refractivity contribution in [1.82, 2.24) is 20.2 Å². The number of benzene rings is 1. The molecule has 7 nitrogen and oxygen atoms in total. The second-order valence-electron chi connectivity index (χ2n) is 5.70. The van der Waals surface area contributed by atoms with Crippen molar-refractivity contribution < 1.29 is 22.8 Å². The van der Waals surface area contributed by atoms with Crippen molar-refractivity contribution >= 4 is 23.5 Å². The molecule has 0 saturated carbocycles. The molecule has 0 bridgehead atoms. The smallest absolute Gasteiger partial charge is 0.368 e. The number of nitrogens with two attached hydrogens (primary N) is 1. The van der Waals surface area contributed by atoms with E-state index in [0.29, 0.717) is 10.6 Å². The molecule has 0 spiro atoms. The highest BCUT2D eigenvalue weighted by Crippen LogP contribution is 2.33. The van der Waals surface area contributed by atoms with Crippen molar-refractivity contribution in [1.29, 1.82) is 0 Å². The number of hydrogen-bond donors (Lipinski definition) is 3. The topological polar surface area (TPSA) is 104 Å². The molecule has 2 aromatic rings. The van der Waals surface area contributed by atoms with Crippen molar-refractivity contribution in [2.75, 3.05) is 6.54 Å². The number of halogens is 4. The summed E-state index contributed by atoms with van der Waals surface area (Å²) in [6, 6.07) is 3.74. The van der Waals surface area contributed by atoms with Crippen LogP contribution in [0.1, 0.15) is 23.1 Å². The molecule has 4 N–H and O–H groups in total. The lowest BCUT2D eigenvalue weighted by Gasteiger charge is -2.26. The number of nitrogens with one attached hydrogen (secondary N) is 2. The quantitative estimate of drug-likeness (QED) is 0.747. The van der Waals surface area contributed by atoms with Crippen LogP contribution in [0.25, 0.3) is 0 Å². The summed E-state index contributed by atoms with van der Waals surface area (Å²) in [4.78, 5) is 30.4. The molecule has 0 radical (unpaired) electrons. The first kappa shape index (κ1) is 18.1. The van der Waals surface area contributed by atoms with Crippen LogP contribution >= 0.6 is 11.6 Å².